The summed E-state index contributed by atoms with van der Waals surface area (Å²) in [6.07, 6.45) is 7.91. The van der Waals surface area contributed by atoms with Crippen LogP contribution in [0.25, 0.3) is 0 Å². The van der Waals surface area contributed by atoms with Gasteiger partial charge < -0.3 is 4.90 Å². The molecule has 0 radical (unpaired) electrons. The molecule has 3 nitrogen and oxygen atoms in total. The number of benzene rings is 1. The number of carbonyl (C=O) groups excluding carboxylic acids is 2. The molecule has 0 N–H and O–H groups in total. The number of anilines is 1. The zero-order valence-electron chi connectivity index (χ0n) is 12.5. The van der Waals surface area contributed by atoms with Crippen molar-refractivity contribution in [2.75, 3.05) is 11.4 Å². The minimum absolute atomic E-state index is 0.101. The molecule has 2 aliphatic rings. The molecule has 0 bridgehead atoms. The number of hydrogen-bond acceptors (Lipinski definition) is 2. The van der Waals surface area contributed by atoms with Crippen LogP contribution in [0.15, 0.2) is 24.3 Å². The number of nitrogens with zero attached hydrogens (tertiary/aromatic N) is 1. The van der Waals surface area contributed by atoms with E-state index in [1.807, 2.05) is 18.2 Å². The number of aryl methyl sites for hydroxylation is 1. The third-order valence-corrected chi connectivity index (χ3v) is 4.79. The Morgan fingerprint density at radius 2 is 1.81 bits per heavy atom. The van der Waals surface area contributed by atoms with E-state index in [9.17, 15) is 9.59 Å². The summed E-state index contributed by atoms with van der Waals surface area (Å²) in [5, 5.41) is 0. The van der Waals surface area contributed by atoms with Crippen LogP contribution in [0.3, 0.4) is 0 Å². The second kappa shape index (κ2) is 6.42. The molecule has 112 valence electrons. The fourth-order valence-corrected chi connectivity index (χ4v) is 3.57. The molecule has 0 aromatic heterocycles. The molecule has 21 heavy (non-hydrogen) atoms. The smallest absolute Gasteiger partial charge is 0.227 e. The Balaban J connectivity index is 1.79. The van der Waals surface area contributed by atoms with Crippen molar-refractivity contribution in [2.45, 2.75) is 51.4 Å². The fourth-order valence-electron chi connectivity index (χ4n) is 3.57. The molecule has 1 saturated carbocycles. The van der Waals surface area contributed by atoms with E-state index in [4.69, 9.17) is 0 Å². The van der Waals surface area contributed by atoms with Crippen LogP contribution < -0.4 is 4.90 Å². The van der Waals surface area contributed by atoms with Gasteiger partial charge in [0.2, 0.25) is 5.91 Å². The number of amides is 1. The van der Waals surface area contributed by atoms with Crippen LogP contribution in [-0.4, -0.2) is 18.2 Å². The van der Waals surface area contributed by atoms with Crippen LogP contribution in [0, 0.1) is 5.92 Å². The van der Waals surface area contributed by atoms with Gasteiger partial charge in [-0.1, -0.05) is 37.5 Å². The zero-order chi connectivity index (χ0) is 14.7. The third kappa shape index (κ3) is 3.17. The molecule has 1 aromatic rings. The van der Waals surface area contributed by atoms with Crippen molar-refractivity contribution in [3.63, 3.8) is 0 Å². The first-order valence-corrected chi connectivity index (χ1v) is 8.16. The van der Waals surface area contributed by atoms with E-state index >= 15 is 0 Å². The van der Waals surface area contributed by atoms with Gasteiger partial charge in [-0.15, -0.1) is 0 Å². The lowest BCUT2D eigenvalue weighted by Crippen LogP contribution is -2.38. The lowest BCUT2D eigenvalue weighted by molar-refractivity contribution is -0.125. The number of rotatable bonds is 3. The Morgan fingerprint density at radius 3 is 2.62 bits per heavy atom. The Morgan fingerprint density at radius 1 is 1.05 bits per heavy atom. The lowest BCUT2D eigenvalue weighted by Gasteiger charge is -2.26. The topological polar surface area (TPSA) is 37.4 Å². The van der Waals surface area contributed by atoms with Crippen LogP contribution in [0.5, 0.6) is 0 Å². The van der Waals surface area contributed by atoms with E-state index in [1.165, 1.54) is 12.0 Å². The minimum atomic E-state index is 0.101. The van der Waals surface area contributed by atoms with Crippen molar-refractivity contribution < 1.29 is 9.59 Å². The molecule has 0 saturated heterocycles. The quantitative estimate of drug-likeness (QED) is 0.852. The standard InChI is InChI=1S/C18H23NO2/c20-17(15-8-2-1-3-9-15)13-19-16-11-5-4-7-14(16)10-6-12-18(19)21/h4-5,7,11,15H,1-3,6,8-10,12-13H2. The van der Waals surface area contributed by atoms with Crippen LogP contribution in [0.1, 0.15) is 50.5 Å². The molecular weight excluding hydrogens is 262 g/mol. The Kier molecular flexibility index (Phi) is 4.37. The number of hydrogen-bond donors (Lipinski definition) is 0. The highest BCUT2D eigenvalue weighted by Crippen LogP contribution is 2.29. The summed E-state index contributed by atoms with van der Waals surface area (Å²) in [4.78, 5) is 26.6. The number of para-hydroxylation sites is 1. The van der Waals surface area contributed by atoms with Crippen molar-refractivity contribution >= 4 is 17.4 Å². The summed E-state index contributed by atoms with van der Waals surface area (Å²) in [5.41, 5.74) is 2.14. The Bertz CT molecular complexity index is 532. The summed E-state index contributed by atoms with van der Waals surface area (Å²) in [6.45, 7) is 0.264. The SMILES string of the molecule is O=C(CN1C(=O)CCCc2ccccc21)C1CCCCC1. The van der Waals surface area contributed by atoms with E-state index in [0.717, 1.165) is 44.2 Å². The predicted octanol–water partition coefficient (Wildman–Crippen LogP) is 3.51. The van der Waals surface area contributed by atoms with Crippen molar-refractivity contribution in [3.05, 3.63) is 29.8 Å². The first kappa shape index (κ1) is 14.3. The number of fused-ring (bicyclic) bond motifs is 1. The maximum Gasteiger partial charge on any atom is 0.227 e. The van der Waals surface area contributed by atoms with Crippen molar-refractivity contribution in [1.29, 1.82) is 0 Å². The molecule has 0 unspecified atom stereocenters. The first-order valence-electron chi connectivity index (χ1n) is 8.16. The van der Waals surface area contributed by atoms with Gasteiger partial charge in [0.1, 0.15) is 0 Å². The van der Waals surface area contributed by atoms with E-state index in [0.29, 0.717) is 6.42 Å². The van der Waals surface area contributed by atoms with Gasteiger partial charge in [-0.3, -0.25) is 9.59 Å². The average molecular weight is 285 g/mol. The first-order chi connectivity index (χ1) is 10.3. The van der Waals surface area contributed by atoms with Gasteiger partial charge in [0.15, 0.2) is 5.78 Å². The molecule has 1 aliphatic carbocycles. The maximum absolute atomic E-state index is 12.5. The number of carbonyl (C=O) groups is 2. The van der Waals surface area contributed by atoms with Crippen molar-refractivity contribution in [3.8, 4) is 0 Å². The molecule has 1 aromatic carbocycles. The molecule has 1 fully saturated rings. The van der Waals surface area contributed by atoms with Crippen LogP contribution in [0.4, 0.5) is 5.69 Å². The van der Waals surface area contributed by atoms with Gasteiger partial charge in [-0.2, -0.15) is 0 Å². The highest BCUT2D eigenvalue weighted by molar-refractivity contribution is 6.00. The highest BCUT2D eigenvalue weighted by Gasteiger charge is 2.28. The Hall–Kier alpha value is -1.64. The molecule has 0 spiro atoms. The van der Waals surface area contributed by atoms with E-state index in [2.05, 4.69) is 6.07 Å². The molecule has 1 aliphatic heterocycles. The van der Waals surface area contributed by atoms with Gasteiger partial charge in [-0.05, 0) is 37.3 Å². The molecule has 0 atom stereocenters. The van der Waals surface area contributed by atoms with Crippen molar-refractivity contribution in [1.82, 2.24) is 0 Å². The third-order valence-electron chi connectivity index (χ3n) is 4.79. The van der Waals surface area contributed by atoms with Gasteiger partial charge in [0.25, 0.3) is 0 Å². The summed E-state index contributed by atoms with van der Waals surface area (Å²) in [7, 11) is 0. The van der Waals surface area contributed by atoms with Gasteiger partial charge in [0, 0.05) is 18.0 Å². The Labute approximate surface area is 126 Å². The second-order valence-corrected chi connectivity index (χ2v) is 6.26. The lowest BCUT2D eigenvalue weighted by atomic mass is 9.86. The maximum atomic E-state index is 12.5. The summed E-state index contributed by atoms with van der Waals surface area (Å²) in [5.74, 6) is 0.519. The summed E-state index contributed by atoms with van der Waals surface area (Å²) < 4.78 is 0. The highest BCUT2D eigenvalue weighted by atomic mass is 16.2. The van der Waals surface area contributed by atoms with E-state index in [1.54, 1.807) is 4.90 Å². The number of Topliss-reactive ketones (excluding diaryl/α,β-unsaturated/α-hetero) is 1. The fraction of sp³-hybridized carbons (Fsp3) is 0.556. The second-order valence-electron chi connectivity index (χ2n) is 6.26. The zero-order valence-corrected chi connectivity index (χ0v) is 12.5. The van der Waals surface area contributed by atoms with Gasteiger partial charge in [0.05, 0.1) is 6.54 Å². The molecule has 1 heterocycles. The summed E-state index contributed by atoms with van der Waals surface area (Å²) >= 11 is 0. The van der Waals surface area contributed by atoms with Crippen LogP contribution >= 0.6 is 0 Å². The van der Waals surface area contributed by atoms with Gasteiger partial charge in [-0.25, -0.2) is 0 Å². The molecular formula is C18H23NO2. The average Bonchev–Trinajstić information content (AvgIpc) is 2.68. The minimum Gasteiger partial charge on any atom is -0.305 e. The molecule has 3 rings (SSSR count). The summed E-state index contributed by atoms with van der Waals surface area (Å²) in [6, 6.07) is 8.02. The molecule has 1 amide bonds. The normalized spacial score (nSPS) is 20.0. The van der Waals surface area contributed by atoms with Crippen LogP contribution in [0.2, 0.25) is 0 Å². The molecule has 3 heteroatoms. The number of ketones is 1. The van der Waals surface area contributed by atoms with Gasteiger partial charge >= 0.3 is 0 Å². The van der Waals surface area contributed by atoms with Crippen LogP contribution in [-0.2, 0) is 16.0 Å². The predicted molar refractivity (Wildman–Crippen MR) is 83.3 cm³/mol. The van der Waals surface area contributed by atoms with E-state index < -0.39 is 0 Å². The largest absolute Gasteiger partial charge is 0.305 e. The van der Waals surface area contributed by atoms with Crippen molar-refractivity contribution in [2.24, 2.45) is 5.92 Å². The van der Waals surface area contributed by atoms with E-state index in [-0.39, 0.29) is 24.2 Å². The monoisotopic (exact) mass is 285 g/mol.